The second-order valence-corrected chi connectivity index (χ2v) is 6.92. The molecule has 0 atom stereocenters. The van der Waals surface area contributed by atoms with Crippen LogP contribution < -0.4 is 11.2 Å². The van der Waals surface area contributed by atoms with Crippen molar-refractivity contribution in [3.8, 4) is 5.69 Å². The van der Waals surface area contributed by atoms with Gasteiger partial charge in [-0.2, -0.15) is 0 Å². The number of methoxy groups -OCH3 is 1. The van der Waals surface area contributed by atoms with E-state index in [9.17, 15) is 9.59 Å². The summed E-state index contributed by atoms with van der Waals surface area (Å²) in [7, 11) is 1.55. The van der Waals surface area contributed by atoms with Crippen LogP contribution in [-0.4, -0.2) is 32.4 Å². The first kappa shape index (κ1) is 16.8. The number of aryl methyl sites for hydroxylation is 1. The first-order chi connectivity index (χ1) is 12.6. The zero-order valence-corrected chi connectivity index (χ0v) is 15.0. The Morgan fingerprint density at radius 3 is 2.58 bits per heavy atom. The molecule has 0 aliphatic heterocycles. The van der Waals surface area contributed by atoms with E-state index in [-0.39, 0.29) is 17.8 Å². The van der Waals surface area contributed by atoms with E-state index >= 15 is 0 Å². The number of fused-ring (bicyclic) bond motifs is 1. The number of rotatable bonds is 6. The first-order valence-corrected chi connectivity index (χ1v) is 8.87. The molecule has 4 rings (SSSR count). The Morgan fingerprint density at radius 2 is 1.92 bits per heavy atom. The van der Waals surface area contributed by atoms with E-state index in [0.29, 0.717) is 29.4 Å². The predicted octanol–water partition coefficient (Wildman–Crippen LogP) is 1.71. The third kappa shape index (κ3) is 2.88. The Bertz CT molecular complexity index is 1060. The van der Waals surface area contributed by atoms with Crippen molar-refractivity contribution in [1.29, 1.82) is 0 Å². The standard InChI is InChI=1S/C19H22N4O3/c1-13-3-7-15(8-4-13)23-17-16(21(12-20-17)11-14-5-6-14)18(24)22(19(23)25)9-10-26-2/h3-4,7-8,12,14H,5-6,9-11H2,1-2H3. The molecule has 26 heavy (non-hydrogen) atoms. The highest BCUT2D eigenvalue weighted by Gasteiger charge is 2.25. The van der Waals surface area contributed by atoms with E-state index in [2.05, 4.69) is 4.98 Å². The summed E-state index contributed by atoms with van der Waals surface area (Å²) >= 11 is 0. The van der Waals surface area contributed by atoms with Gasteiger partial charge in [-0.05, 0) is 37.8 Å². The maximum absolute atomic E-state index is 13.1. The van der Waals surface area contributed by atoms with Crippen molar-refractivity contribution < 1.29 is 4.74 Å². The minimum Gasteiger partial charge on any atom is -0.383 e. The highest BCUT2D eigenvalue weighted by Crippen LogP contribution is 2.31. The van der Waals surface area contributed by atoms with Crippen LogP contribution in [-0.2, 0) is 17.8 Å². The molecule has 1 aliphatic rings. The normalized spacial score (nSPS) is 14.2. The number of benzene rings is 1. The Kier molecular flexibility index (Phi) is 4.24. The van der Waals surface area contributed by atoms with E-state index in [1.807, 2.05) is 35.8 Å². The van der Waals surface area contributed by atoms with Crippen LogP contribution in [0.2, 0.25) is 0 Å². The lowest BCUT2D eigenvalue weighted by Crippen LogP contribution is -2.41. The van der Waals surface area contributed by atoms with Crippen LogP contribution in [0, 0.1) is 12.8 Å². The first-order valence-electron chi connectivity index (χ1n) is 8.87. The SMILES string of the molecule is COCCn1c(=O)c2c(ncn2CC2CC2)n(-c2ccc(C)cc2)c1=O. The van der Waals surface area contributed by atoms with E-state index < -0.39 is 0 Å². The summed E-state index contributed by atoms with van der Waals surface area (Å²) in [6.45, 7) is 3.27. The summed E-state index contributed by atoms with van der Waals surface area (Å²) < 4.78 is 9.75. The smallest absolute Gasteiger partial charge is 0.337 e. The molecule has 136 valence electrons. The predicted molar refractivity (Wildman–Crippen MR) is 98.9 cm³/mol. The van der Waals surface area contributed by atoms with Gasteiger partial charge in [-0.25, -0.2) is 14.3 Å². The van der Waals surface area contributed by atoms with Gasteiger partial charge in [0.05, 0.1) is 25.2 Å². The lowest BCUT2D eigenvalue weighted by atomic mass is 10.2. The van der Waals surface area contributed by atoms with Crippen molar-refractivity contribution in [2.75, 3.05) is 13.7 Å². The van der Waals surface area contributed by atoms with Gasteiger partial charge in [0.15, 0.2) is 11.2 Å². The number of ether oxygens (including phenoxy) is 1. The third-order valence-corrected chi connectivity index (χ3v) is 4.86. The summed E-state index contributed by atoms with van der Waals surface area (Å²) in [6.07, 6.45) is 4.03. The Morgan fingerprint density at radius 1 is 1.19 bits per heavy atom. The molecule has 0 bridgehead atoms. The second-order valence-electron chi connectivity index (χ2n) is 6.92. The highest BCUT2D eigenvalue weighted by molar-refractivity contribution is 5.72. The zero-order valence-electron chi connectivity index (χ0n) is 15.0. The molecule has 2 aromatic heterocycles. The van der Waals surface area contributed by atoms with Crippen LogP contribution in [0.1, 0.15) is 18.4 Å². The minimum atomic E-state index is -0.389. The summed E-state index contributed by atoms with van der Waals surface area (Å²) in [6, 6.07) is 7.64. The molecular weight excluding hydrogens is 332 g/mol. The third-order valence-electron chi connectivity index (χ3n) is 4.86. The molecule has 1 aromatic carbocycles. The average molecular weight is 354 g/mol. The largest absolute Gasteiger partial charge is 0.383 e. The van der Waals surface area contributed by atoms with Gasteiger partial charge in [-0.3, -0.25) is 9.36 Å². The van der Waals surface area contributed by atoms with Gasteiger partial charge in [0.2, 0.25) is 0 Å². The fourth-order valence-corrected chi connectivity index (χ4v) is 3.20. The van der Waals surface area contributed by atoms with Crippen LogP contribution in [0.3, 0.4) is 0 Å². The van der Waals surface area contributed by atoms with Gasteiger partial charge in [0.1, 0.15) is 0 Å². The van der Waals surface area contributed by atoms with Crippen molar-refractivity contribution in [1.82, 2.24) is 18.7 Å². The van der Waals surface area contributed by atoms with Crippen molar-refractivity contribution >= 4 is 11.2 Å². The molecule has 0 amide bonds. The summed E-state index contributed by atoms with van der Waals surface area (Å²) in [5.41, 5.74) is 2.01. The van der Waals surface area contributed by atoms with E-state index in [4.69, 9.17) is 4.74 Å². The Balaban J connectivity index is 1.99. The minimum absolute atomic E-state index is 0.213. The topological polar surface area (TPSA) is 71.1 Å². The average Bonchev–Trinajstić information content (AvgIpc) is 3.35. The fourth-order valence-electron chi connectivity index (χ4n) is 3.20. The molecule has 0 radical (unpaired) electrons. The van der Waals surface area contributed by atoms with E-state index in [1.54, 1.807) is 13.4 Å². The molecular formula is C19H22N4O3. The van der Waals surface area contributed by atoms with Crippen molar-refractivity contribution in [3.63, 3.8) is 0 Å². The zero-order chi connectivity index (χ0) is 18.3. The van der Waals surface area contributed by atoms with Crippen LogP contribution in [0.15, 0.2) is 40.2 Å². The molecule has 1 fully saturated rings. The van der Waals surface area contributed by atoms with Gasteiger partial charge in [-0.1, -0.05) is 17.7 Å². The van der Waals surface area contributed by atoms with Crippen molar-refractivity contribution in [2.45, 2.75) is 32.9 Å². The molecule has 1 saturated carbocycles. The molecule has 0 saturated heterocycles. The molecule has 3 aromatic rings. The van der Waals surface area contributed by atoms with Gasteiger partial charge in [-0.15, -0.1) is 0 Å². The quantitative estimate of drug-likeness (QED) is 0.676. The lowest BCUT2D eigenvalue weighted by Gasteiger charge is -2.12. The molecule has 7 heteroatoms. The molecule has 0 unspecified atom stereocenters. The monoisotopic (exact) mass is 354 g/mol. The van der Waals surface area contributed by atoms with Crippen LogP contribution in [0.4, 0.5) is 0 Å². The van der Waals surface area contributed by atoms with Crippen molar-refractivity contribution in [3.05, 3.63) is 57.0 Å². The number of imidazole rings is 1. The van der Waals surface area contributed by atoms with Gasteiger partial charge < -0.3 is 9.30 Å². The molecule has 0 spiro atoms. The summed E-state index contributed by atoms with van der Waals surface area (Å²) in [5, 5.41) is 0. The second kappa shape index (κ2) is 6.57. The fraction of sp³-hybridized carbons (Fsp3) is 0.421. The summed E-state index contributed by atoms with van der Waals surface area (Å²) in [4.78, 5) is 30.5. The molecule has 0 N–H and O–H groups in total. The van der Waals surface area contributed by atoms with E-state index in [1.165, 1.54) is 22.0 Å². The molecule has 7 nitrogen and oxygen atoms in total. The number of aromatic nitrogens is 4. The van der Waals surface area contributed by atoms with Crippen LogP contribution in [0.5, 0.6) is 0 Å². The van der Waals surface area contributed by atoms with Crippen molar-refractivity contribution in [2.24, 2.45) is 5.92 Å². The highest BCUT2D eigenvalue weighted by atomic mass is 16.5. The maximum Gasteiger partial charge on any atom is 0.337 e. The van der Waals surface area contributed by atoms with E-state index in [0.717, 1.165) is 12.1 Å². The maximum atomic E-state index is 13.1. The lowest BCUT2D eigenvalue weighted by molar-refractivity contribution is 0.184. The molecule has 2 heterocycles. The van der Waals surface area contributed by atoms with Crippen LogP contribution in [0.25, 0.3) is 16.9 Å². The van der Waals surface area contributed by atoms with Gasteiger partial charge >= 0.3 is 5.69 Å². The van der Waals surface area contributed by atoms with Gasteiger partial charge in [0, 0.05) is 13.7 Å². The summed E-state index contributed by atoms with van der Waals surface area (Å²) in [5.74, 6) is 0.596. The van der Waals surface area contributed by atoms with Crippen LogP contribution >= 0.6 is 0 Å². The van der Waals surface area contributed by atoms with Gasteiger partial charge in [0.25, 0.3) is 5.56 Å². The Labute approximate surface area is 150 Å². The number of nitrogens with zero attached hydrogens (tertiary/aromatic N) is 4. The molecule has 1 aliphatic carbocycles. The number of hydrogen-bond donors (Lipinski definition) is 0. The number of hydrogen-bond acceptors (Lipinski definition) is 4. The Hall–Kier alpha value is -2.67.